The number of thiophene rings is 1. The highest BCUT2D eigenvalue weighted by Crippen LogP contribution is 2.30. The molecule has 0 aromatic carbocycles. The molecule has 0 bridgehead atoms. The number of aliphatic hydroxyl groups excluding tert-OH is 1. The Morgan fingerprint density at radius 3 is 2.60 bits per heavy atom. The average Bonchev–Trinajstić information content (AvgIpc) is 2.88. The van der Waals surface area contributed by atoms with Crippen molar-refractivity contribution < 1.29 is 13.5 Å². The first-order chi connectivity index (χ1) is 9.53. The van der Waals surface area contributed by atoms with Gasteiger partial charge in [0, 0.05) is 13.2 Å². The normalized spacial score (nSPS) is 19.1. The van der Waals surface area contributed by atoms with Gasteiger partial charge in [-0.1, -0.05) is 32.1 Å². The van der Waals surface area contributed by atoms with Gasteiger partial charge in [0.15, 0.2) is 0 Å². The van der Waals surface area contributed by atoms with Crippen molar-refractivity contribution in [1.29, 1.82) is 0 Å². The fraction of sp³-hybridized carbons (Fsp3) is 0.692. The molecule has 1 heterocycles. The fourth-order valence-corrected chi connectivity index (χ4v) is 5.86. The Morgan fingerprint density at radius 1 is 1.35 bits per heavy atom. The summed E-state index contributed by atoms with van der Waals surface area (Å²) in [5, 5.41) is 9.51. The van der Waals surface area contributed by atoms with E-state index in [1.54, 1.807) is 12.1 Å². The van der Waals surface area contributed by atoms with Crippen LogP contribution >= 0.6 is 27.3 Å². The van der Waals surface area contributed by atoms with Gasteiger partial charge in [-0.2, -0.15) is 0 Å². The SMILES string of the molecule is O=S(=O)(NC[C@H](CO)C1CCCCC1)c1ccc(Br)s1. The summed E-state index contributed by atoms with van der Waals surface area (Å²) >= 11 is 4.46. The van der Waals surface area contributed by atoms with Crippen LogP contribution in [0.2, 0.25) is 0 Å². The molecule has 1 fully saturated rings. The summed E-state index contributed by atoms with van der Waals surface area (Å²) in [6.07, 6.45) is 5.82. The van der Waals surface area contributed by atoms with Gasteiger partial charge in [0.1, 0.15) is 4.21 Å². The third-order valence-electron chi connectivity index (χ3n) is 3.90. The van der Waals surface area contributed by atoms with Crippen LogP contribution < -0.4 is 4.72 Å². The molecule has 1 aliphatic rings. The number of rotatable bonds is 6. The van der Waals surface area contributed by atoms with E-state index >= 15 is 0 Å². The molecule has 1 atom stereocenters. The van der Waals surface area contributed by atoms with Crippen molar-refractivity contribution in [1.82, 2.24) is 4.72 Å². The Kier molecular flexibility index (Phi) is 6.04. The maximum Gasteiger partial charge on any atom is 0.250 e. The van der Waals surface area contributed by atoms with Crippen LogP contribution in [0.4, 0.5) is 0 Å². The lowest BCUT2D eigenvalue weighted by Crippen LogP contribution is -2.35. The van der Waals surface area contributed by atoms with Crippen molar-refractivity contribution in [2.75, 3.05) is 13.2 Å². The molecular weight excluding hydrogens is 362 g/mol. The molecule has 1 aromatic heterocycles. The first-order valence-electron chi connectivity index (χ1n) is 6.89. The maximum atomic E-state index is 12.1. The molecule has 0 spiro atoms. The Morgan fingerprint density at radius 2 is 2.05 bits per heavy atom. The van der Waals surface area contributed by atoms with Gasteiger partial charge in [-0.25, -0.2) is 13.1 Å². The van der Waals surface area contributed by atoms with Crippen molar-refractivity contribution in [3.8, 4) is 0 Å². The fourth-order valence-electron chi connectivity index (χ4n) is 2.72. The van der Waals surface area contributed by atoms with E-state index in [1.807, 2.05) is 0 Å². The zero-order chi connectivity index (χ0) is 14.6. The van der Waals surface area contributed by atoms with Gasteiger partial charge in [0.25, 0.3) is 0 Å². The predicted octanol–water partition coefficient (Wildman–Crippen LogP) is 2.98. The van der Waals surface area contributed by atoms with Crippen molar-refractivity contribution >= 4 is 37.3 Å². The summed E-state index contributed by atoms with van der Waals surface area (Å²) in [4.78, 5) is 0. The Bertz CT molecular complexity index is 523. The van der Waals surface area contributed by atoms with Crippen LogP contribution in [0.25, 0.3) is 0 Å². The standard InChI is InChI=1S/C13H20BrNO3S2/c14-12-6-7-13(19-12)20(17,18)15-8-11(9-16)10-4-2-1-3-5-10/h6-7,10-11,15-16H,1-5,8-9H2/t11-/m1/s1. The monoisotopic (exact) mass is 381 g/mol. The van der Waals surface area contributed by atoms with Crippen molar-refractivity contribution in [2.24, 2.45) is 11.8 Å². The first-order valence-corrected chi connectivity index (χ1v) is 9.98. The van der Waals surface area contributed by atoms with Gasteiger partial charge >= 0.3 is 0 Å². The molecule has 1 aliphatic carbocycles. The lowest BCUT2D eigenvalue weighted by Gasteiger charge is -2.29. The van der Waals surface area contributed by atoms with Crippen molar-refractivity contribution in [3.63, 3.8) is 0 Å². The third-order valence-corrected chi connectivity index (χ3v) is 7.44. The van der Waals surface area contributed by atoms with Gasteiger partial charge in [-0.3, -0.25) is 0 Å². The summed E-state index contributed by atoms with van der Waals surface area (Å²) in [5.41, 5.74) is 0. The Labute approximate surface area is 132 Å². The molecular formula is C13H20BrNO3S2. The van der Waals surface area contributed by atoms with E-state index in [9.17, 15) is 13.5 Å². The smallest absolute Gasteiger partial charge is 0.250 e. The average molecular weight is 382 g/mol. The molecule has 114 valence electrons. The molecule has 0 radical (unpaired) electrons. The van der Waals surface area contributed by atoms with E-state index in [0.29, 0.717) is 16.7 Å². The molecule has 2 N–H and O–H groups in total. The van der Waals surface area contributed by atoms with Crippen molar-refractivity contribution in [3.05, 3.63) is 15.9 Å². The van der Waals surface area contributed by atoms with E-state index in [4.69, 9.17) is 0 Å². The van der Waals surface area contributed by atoms with E-state index in [1.165, 1.54) is 30.6 Å². The van der Waals surface area contributed by atoms with Crippen LogP contribution in [0.1, 0.15) is 32.1 Å². The number of nitrogens with one attached hydrogen (secondary N) is 1. The second kappa shape index (κ2) is 7.35. The van der Waals surface area contributed by atoms with Crippen LogP contribution in [0.15, 0.2) is 20.1 Å². The zero-order valence-electron chi connectivity index (χ0n) is 11.2. The van der Waals surface area contributed by atoms with Gasteiger partial charge in [0.2, 0.25) is 10.0 Å². The summed E-state index contributed by atoms with van der Waals surface area (Å²) in [5.74, 6) is 0.458. The molecule has 0 unspecified atom stereocenters. The van der Waals surface area contributed by atoms with E-state index in [0.717, 1.165) is 16.6 Å². The number of hydrogen-bond acceptors (Lipinski definition) is 4. The van der Waals surface area contributed by atoms with Crippen LogP contribution in [0.3, 0.4) is 0 Å². The maximum absolute atomic E-state index is 12.1. The minimum Gasteiger partial charge on any atom is -0.396 e. The van der Waals surface area contributed by atoms with Gasteiger partial charge < -0.3 is 5.11 Å². The number of hydrogen-bond donors (Lipinski definition) is 2. The second-order valence-electron chi connectivity index (χ2n) is 5.25. The minimum atomic E-state index is -3.46. The lowest BCUT2D eigenvalue weighted by atomic mass is 9.80. The highest BCUT2D eigenvalue weighted by atomic mass is 79.9. The quantitative estimate of drug-likeness (QED) is 0.795. The number of halogens is 1. The Hall–Kier alpha value is 0.0500. The number of sulfonamides is 1. The van der Waals surface area contributed by atoms with Gasteiger partial charge in [0.05, 0.1) is 3.79 Å². The highest BCUT2D eigenvalue weighted by Gasteiger charge is 2.25. The summed E-state index contributed by atoms with van der Waals surface area (Å²) in [7, 11) is -3.46. The largest absolute Gasteiger partial charge is 0.396 e. The molecule has 1 saturated carbocycles. The van der Waals surface area contributed by atoms with Gasteiger partial charge in [-0.05, 0) is 39.9 Å². The van der Waals surface area contributed by atoms with Crippen LogP contribution in [0, 0.1) is 11.8 Å². The third kappa shape index (κ3) is 4.27. The minimum absolute atomic E-state index is 0.0217. The summed E-state index contributed by atoms with van der Waals surface area (Å²) in [6.45, 7) is 0.361. The molecule has 2 rings (SSSR count). The van der Waals surface area contributed by atoms with Crippen LogP contribution in [-0.2, 0) is 10.0 Å². The molecule has 20 heavy (non-hydrogen) atoms. The molecule has 0 saturated heterocycles. The van der Waals surface area contributed by atoms with Crippen molar-refractivity contribution in [2.45, 2.75) is 36.3 Å². The zero-order valence-corrected chi connectivity index (χ0v) is 14.4. The molecule has 0 amide bonds. The first kappa shape index (κ1) is 16.4. The molecule has 1 aromatic rings. The summed E-state index contributed by atoms with van der Waals surface area (Å²) in [6, 6.07) is 3.32. The predicted molar refractivity (Wildman–Crippen MR) is 84.4 cm³/mol. The topological polar surface area (TPSA) is 66.4 Å². The van der Waals surface area contributed by atoms with Gasteiger partial charge in [-0.15, -0.1) is 11.3 Å². The van der Waals surface area contributed by atoms with E-state index < -0.39 is 10.0 Å². The molecule has 7 heteroatoms. The van der Waals surface area contributed by atoms with E-state index in [-0.39, 0.29) is 12.5 Å². The van der Waals surface area contributed by atoms with Crippen LogP contribution in [0.5, 0.6) is 0 Å². The second-order valence-corrected chi connectivity index (χ2v) is 9.71. The molecule has 0 aliphatic heterocycles. The lowest BCUT2D eigenvalue weighted by molar-refractivity contribution is 0.150. The molecule has 4 nitrogen and oxygen atoms in total. The number of aliphatic hydroxyl groups is 1. The van der Waals surface area contributed by atoms with Crippen LogP contribution in [-0.4, -0.2) is 26.7 Å². The summed E-state index contributed by atoms with van der Waals surface area (Å²) < 4.78 is 28.0. The highest BCUT2D eigenvalue weighted by molar-refractivity contribution is 9.11. The Balaban J connectivity index is 1.95. The van der Waals surface area contributed by atoms with E-state index in [2.05, 4.69) is 20.7 Å².